The third-order valence-electron chi connectivity index (χ3n) is 3.31. The minimum Gasteiger partial charge on any atom is -0.493 e. The second-order valence-electron chi connectivity index (χ2n) is 5.01. The number of para-hydroxylation sites is 2. The maximum Gasteiger partial charge on any atom is 0.337 e. The number of hydrogen-bond acceptors (Lipinski definition) is 4. The number of hydrogen-bond donors (Lipinski definition) is 2. The zero-order chi connectivity index (χ0) is 18.9. The molecule has 0 bridgehead atoms. The van der Waals surface area contributed by atoms with Crippen molar-refractivity contribution in [2.24, 2.45) is 0 Å². The van der Waals surface area contributed by atoms with Crippen molar-refractivity contribution < 1.29 is 24.2 Å². The smallest absolute Gasteiger partial charge is 0.337 e. The molecule has 0 aromatic heterocycles. The van der Waals surface area contributed by atoms with Crippen molar-refractivity contribution in [3.05, 3.63) is 59.7 Å². The lowest BCUT2D eigenvalue weighted by molar-refractivity contribution is -0.111. The summed E-state index contributed by atoms with van der Waals surface area (Å²) in [6.07, 6.45) is 5.31. The molecule has 132 valence electrons. The largest absolute Gasteiger partial charge is 0.493 e. The fourth-order valence-corrected chi connectivity index (χ4v) is 2.15. The van der Waals surface area contributed by atoms with Crippen molar-refractivity contribution in [2.75, 3.05) is 12.4 Å². The van der Waals surface area contributed by atoms with Crippen LogP contribution in [0.25, 0.3) is 6.08 Å². The molecule has 1 amide bonds. The number of carbonyl (C=O) groups is 2. The first-order chi connectivity index (χ1) is 12.6. The molecule has 0 fully saturated rings. The van der Waals surface area contributed by atoms with Crippen LogP contribution >= 0.6 is 0 Å². The van der Waals surface area contributed by atoms with Crippen LogP contribution in [-0.2, 0) is 4.79 Å². The number of rotatable bonds is 6. The van der Waals surface area contributed by atoms with E-state index < -0.39 is 11.9 Å². The third-order valence-corrected chi connectivity index (χ3v) is 3.31. The highest BCUT2D eigenvalue weighted by molar-refractivity contribution is 6.06. The highest BCUT2D eigenvalue weighted by Crippen LogP contribution is 2.31. The van der Waals surface area contributed by atoms with E-state index in [1.165, 1.54) is 31.4 Å². The summed E-state index contributed by atoms with van der Waals surface area (Å²) in [6, 6.07) is 11.4. The molecular weight excluding hydrogens is 334 g/mol. The van der Waals surface area contributed by atoms with Crippen LogP contribution in [0.1, 0.15) is 22.8 Å². The average Bonchev–Trinajstić information content (AvgIpc) is 2.65. The van der Waals surface area contributed by atoms with Gasteiger partial charge in [-0.1, -0.05) is 30.2 Å². The molecule has 0 aliphatic rings. The summed E-state index contributed by atoms with van der Waals surface area (Å²) in [5.74, 6) is 1.89. The van der Waals surface area contributed by atoms with E-state index in [9.17, 15) is 9.59 Å². The Bertz CT molecular complexity index is 906. The predicted octanol–water partition coefficient (Wildman–Crippen LogP) is 3.40. The van der Waals surface area contributed by atoms with E-state index >= 15 is 0 Å². The molecule has 0 saturated heterocycles. The van der Waals surface area contributed by atoms with E-state index in [-0.39, 0.29) is 11.3 Å². The van der Waals surface area contributed by atoms with Gasteiger partial charge in [-0.25, -0.2) is 4.79 Å². The lowest BCUT2D eigenvalue weighted by atomic mass is 10.1. The first-order valence-corrected chi connectivity index (χ1v) is 7.63. The summed E-state index contributed by atoms with van der Waals surface area (Å²) < 4.78 is 10.6. The van der Waals surface area contributed by atoms with Crippen molar-refractivity contribution >= 4 is 23.6 Å². The Morgan fingerprint density at radius 1 is 1.15 bits per heavy atom. The molecule has 0 aliphatic carbocycles. The number of carboxylic acids is 1. The summed E-state index contributed by atoms with van der Waals surface area (Å²) in [6.45, 7) is 1.64. The minimum absolute atomic E-state index is 0.0119. The van der Waals surface area contributed by atoms with Gasteiger partial charge in [-0.3, -0.25) is 4.79 Å². The zero-order valence-electron chi connectivity index (χ0n) is 14.3. The number of benzene rings is 2. The predicted molar refractivity (Wildman–Crippen MR) is 98.1 cm³/mol. The summed E-state index contributed by atoms with van der Waals surface area (Å²) in [7, 11) is 1.50. The lowest BCUT2D eigenvalue weighted by Gasteiger charge is -2.09. The molecule has 6 heteroatoms. The minimum atomic E-state index is -1.12. The average molecular weight is 351 g/mol. The van der Waals surface area contributed by atoms with Gasteiger partial charge in [0.15, 0.2) is 11.5 Å². The van der Waals surface area contributed by atoms with Crippen molar-refractivity contribution in [1.82, 2.24) is 0 Å². The molecule has 2 aromatic carbocycles. The molecule has 6 nitrogen and oxygen atoms in total. The molecule has 2 aromatic rings. The SMILES string of the molecule is CC#COc1c(/C=C/C(=O)Nc2ccccc2C(=O)O)cccc1OC. The normalized spacial score (nSPS) is 9.92. The first-order valence-electron chi connectivity index (χ1n) is 7.63. The molecule has 0 radical (unpaired) electrons. The molecule has 0 spiro atoms. The van der Waals surface area contributed by atoms with Crippen LogP contribution < -0.4 is 14.8 Å². The molecule has 0 atom stereocenters. The third kappa shape index (κ3) is 4.65. The van der Waals surface area contributed by atoms with Crippen LogP contribution in [0.3, 0.4) is 0 Å². The number of ether oxygens (including phenoxy) is 2. The van der Waals surface area contributed by atoms with Crippen LogP contribution in [0.5, 0.6) is 11.5 Å². The fraction of sp³-hybridized carbons (Fsp3) is 0.100. The van der Waals surface area contributed by atoms with Gasteiger partial charge in [0.2, 0.25) is 5.91 Å². The van der Waals surface area contributed by atoms with Gasteiger partial charge in [-0.05, 0) is 24.3 Å². The van der Waals surface area contributed by atoms with Gasteiger partial charge in [0.05, 0.1) is 18.4 Å². The van der Waals surface area contributed by atoms with Gasteiger partial charge in [0, 0.05) is 18.6 Å². The Morgan fingerprint density at radius 3 is 2.62 bits per heavy atom. The first kappa shape index (κ1) is 18.6. The monoisotopic (exact) mass is 351 g/mol. The van der Waals surface area contributed by atoms with E-state index in [0.717, 1.165) is 0 Å². The zero-order valence-corrected chi connectivity index (χ0v) is 14.3. The second-order valence-corrected chi connectivity index (χ2v) is 5.01. The van der Waals surface area contributed by atoms with Gasteiger partial charge in [-0.2, -0.15) is 0 Å². The van der Waals surface area contributed by atoms with Crippen molar-refractivity contribution in [2.45, 2.75) is 6.92 Å². The molecule has 0 aliphatic heterocycles. The Balaban J connectivity index is 2.23. The van der Waals surface area contributed by atoms with Crippen LogP contribution in [0.4, 0.5) is 5.69 Å². The van der Waals surface area contributed by atoms with E-state index in [0.29, 0.717) is 17.1 Å². The quantitative estimate of drug-likeness (QED) is 0.615. The Labute approximate surface area is 151 Å². The molecule has 26 heavy (non-hydrogen) atoms. The van der Waals surface area contributed by atoms with E-state index in [2.05, 4.69) is 17.3 Å². The number of carboxylic acid groups (broad SMARTS) is 1. The number of methoxy groups -OCH3 is 1. The second kappa shape index (κ2) is 8.94. The van der Waals surface area contributed by atoms with E-state index in [4.69, 9.17) is 14.6 Å². The van der Waals surface area contributed by atoms with Gasteiger partial charge >= 0.3 is 5.97 Å². The van der Waals surface area contributed by atoms with Crippen molar-refractivity contribution in [3.63, 3.8) is 0 Å². The maximum atomic E-state index is 12.1. The summed E-state index contributed by atoms with van der Waals surface area (Å²) in [5, 5.41) is 11.7. The van der Waals surface area contributed by atoms with Crippen LogP contribution in [0, 0.1) is 12.0 Å². The number of carbonyl (C=O) groups excluding carboxylic acids is 1. The Kier molecular flexibility index (Phi) is 6.40. The summed E-state index contributed by atoms with van der Waals surface area (Å²) in [5.41, 5.74) is 0.820. The number of amides is 1. The standard InChI is InChI=1S/C20H17NO5/c1-3-13-26-19-14(7-6-10-17(19)25-2)11-12-18(22)21-16-9-5-4-8-15(16)20(23)24/h4-12H,1-2H3,(H,21,22)(H,23,24)/b12-11+. The van der Waals surface area contributed by atoms with Crippen LogP contribution in [0.2, 0.25) is 0 Å². The molecule has 0 heterocycles. The van der Waals surface area contributed by atoms with Crippen molar-refractivity contribution in [3.8, 4) is 23.5 Å². The Hall–Kier alpha value is -3.72. The van der Waals surface area contributed by atoms with Gasteiger partial charge < -0.3 is 19.9 Å². The van der Waals surface area contributed by atoms with Gasteiger partial charge in [0.25, 0.3) is 0 Å². The van der Waals surface area contributed by atoms with Crippen LogP contribution in [0.15, 0.2) is 48.5 Å². The highest BCUT2D eigenvalue weighted by atomic mass is 16.5. The highest BCUT2D eigenvalue weighted by Gasteiger charge is 2.11. The lowest BCUT2D eigenvalue weighted by Crippen LogP contribution is -2.11. The Morgan fingerprint density at radius 2 is 1.92 bits per heavy atom. The van der Waals surface area contributed by atoms with Crippen molar-refractivity contribution in [1.29, 1.82) is 0 Å². The number of anilines is 1. The van der Waals surface area contributed by atoms with E-state index in [1.54, 1.807) is 37.3 Å². The molecule has 0 unspecified atom stereocenters. The number of nitrogens with one attached hydrogen (secondary N) is 1. The van der Waals surface area contributed by atoms with Gasteiger partial charge in [-0.15, -0.1) is 0 Å². The molecule has 2 rings (SSSR count). The molecular formula is C20H17NO5. The number of aromatic carboxylic acids is 1. The molecule has 0 saturated carbocycles. The van der Waals surface area contributed by atoms with E-state index in [1.807, 2.05) is 0 Å². The van der Waals surface area contributed by atoms with Crippen LogP contribution in [-0.4, -0.2) is 24.1 Å². The fourth-order valence-electron chi connectivity index (χ4n) is 2.15. The summed E-state index contributed by atoms with van der Waals surface area (Å²) >= 11 is 0. The summed E-state index contributed by atoms with van der Waals surface area (Å²) in [4.78, 5) is 23.3. The maximum absolute atomic E-state index is 12.1. The van der Waals surface area contributed by atoms with Gasteiger partial charge in [0.1, 0.15) is 6.11 Å². The topological polar surface area (TPSA) is 84.9 Å². The molecule has 2 N–H and O–H groups in total.